The molecule has 8 heteroatoms. The van der Waals surface area contributed by atoms with Crippen molar-refractivity contribution in [2.75, 3.05) is 7.11 Å². The number of sulfonamides is 1. The maximum absolute atomic E-state index is 11.3. The SMILES string of the molecule is COc1ncc(-c2ccc(S(N)(=O)=O)cc2C=O)cn1. The lowest BCUT2D eigenvalue weighted by Gasteiger charge is -2.07. The maximum Gasteiger partial charge on any atom is 0.316 e. The fourth-order valence-electron chi connectivity index (χ4n) is 1.64. The highest BCUT2D eigenvalue weighted by atomic mass is 32.2. The van der Waals surface area contributed by atoms with Gasteiger partial charge in [-0.3, -0.25) is 4.79 Å². The molecule has 0 aliphatic carbocycles. The number of carbonyl (C=O) groups excluding carboxylic acids is 1. The first-order chi connectivity index (χ1) is 9.45. The van der Waals surface area contributed by atoms with Gasteiger partial charge >= 0.3 is 6.01 Å². The lowest BCUT2D eigenvalue weighted by molar-refractivity contribution is 0.112. The van der Waals surface area contributed by atoms with Gasteiger partial charge in [0, 0.05) is 23.5 Å². The molecule has 0 spiro atoms. The van der Waals surface area contributed by atoms with Crippen LogP contribution in [0.4, 0.5) is 0 Å². The number of carbonyl (C=O) groups is 1. The Balaban J connectivity index is 2.53. The van der Waals surface area contributed by atoms with E-state index in [4.69, 9.17) is 9.88 Å². The molecule has 2 aromatic rings. The Morgan fingerprint density at radius 2 is 1.90 bits per heavy atom. The number of primary sulfonamides is 1. The average molecular weight is 293 g/mol. The van der Waals surface area contributed by atoms with Crippen LogP contribution in [0.3, 0.4) is 0 Å². The van der Waals surface area contributed by atoms with E-state index in [-0.39, 0.29) is 16.5 Å². The van der Waals surface area contributed by atoms with Gasteiger partial charge in [0.15, 0.2) is 6.29 Å². The summed E-state index contributed by atoms with van der Waals surface area (Å²) in [7, 11) is -2.42. The predicted octanol–water partition coefficient (Wildman–Crippen LogP) is 0.612. The number of rotatable bonds is 4. The highest BCUT2D eigenvalue weighted by Gasteiger charge is 2.13. The normalized spacial score (nSPS) is 11.1. The number of nitrogens with zero attached hydrogens (tertiary/aromatic N) is 2. The Morgan fingerprint density at radius 3 is 2.40 bits per heavy atom. The van der Waals surface area contributed by atoms with Crippen molar-refractivity contribution in [2.24, 2.45) is 5.14 Å². The Morgan fingerprint density at radius 1 is 1.25 bits per heavy atom. The van der Waals surface area contributed by atoms with E-state index < -0.39 is 10.0 Å². The number of ether oxygens (including phenoxy) is 1. The molecule has 104 valence electrons. The van der Waals surface area contributed by atoms with Crippen LogP contribution in [0.15, 0.2) is 35.5 Å². The fourth-order valence-corrected chi connectivity index (χ4v) is 2.19. The minimum absolute atomic E-state index is 0.127. The minimum Gasteiger partial charge on any atom is -0.467 e. The van der Waals surface area contributed by atoms with Gasteiger partial charge in [-0.05, 0) is 17.7 Å². The number of hydrogen-bond donors (Lipinski definition) is 1. The number of methoxy groups -OCH3 is 1. The van der Waals surface area contributed by atoms with Crippen LogP contribution in [0.5, 0.6) is 6.01 Å². The molecule has 0 aliphatic rings. The van der Waals surface area contributed by atoms with Crippen molar-refractivity contribution in [1.29, 1.82) is 0 Å². The summed E-state index contributed by atoms with van der Waals surface area (Å²) in [5.41, 5.74) is 1.26. The van der Waals surface area contributed by atoms with Crippen LogP contribution in [0, 0.1) is 0 Å². The van der Waals surface area contributed by atoms with Gasteiger partial charge in [0.25, 0.3) is 0 Å². The fraction of sp³-hybridized carbons (Fsp3) is 0.0833. The van der Waals surface area contributed by atoms with Crippen LogP contribution in [0.25, 0.3) is 11.1 Å². The second-order valence-electron chi connectivity index (χ2n) is 3.87. The first-order valence-electron chi connectivity index (χ1n) is 5.44. The number of hydrogen-bond acceptors (Lipinski definition) is 6. The lowest BCUT2D eigenvalue weighted by Crippen LogP contribution is -2.12. The van der Waals surface area contributed by atoms with Gasteiger partial charge < -0.3 is 4.74 Å². The van der Waals surface area contributed by atoms with Crippen LogP contribution >= 0.6 is 0 Å². The van der Waals surface area contributed by atoms with Gasteiger partial charge in [-0.15, -0.1) is 0 Å². The minimum atomic E-state index is -3.86. The van der Waals surface area contributed by atoms with Gasteiger partial charge in [0.2, 0.25) is 10.0 Å². The summed E-state index contributed by atoms with van der Waals surface area (Å²) in [6, 6.07) is 4.21. The number of benzene rings is 1. The largest absolute Gasteiger partial charge is 0.467 e. The molecular weight excluding hydrogens is 282 g/mol. The Hall–Kier alpha value is -2.32. The third kappa shape index (κ3) is 2.81. The zero-order valence-electron chi connectivity index (χ0n) is 10.5. The van der Waals surface area contributed by atoms with Crippen molar-refractivity contribution in [1.82, 2.24) is 9.97 Å². The van der Waals surface area contributed by atoms with E-state index in [1.165, 1.54) is 37.7 Å². The van der Waals surface area contributed by atoms with Crippen LogP contribution in [0.1, 0.15) is 10.4 Å². The monoisotopic (exact) mass is 293 g/mol. The summed E-state index contributed by atoms with van der Waals surface area (Å²) in [5.74, 6) is 0. The third-order valence-corrected chi connectivity index (χ3v) is 3.51. The van der Waals surface area contributed by atoms with Crippen LogP contribution in [-0.4, -0.2) is 31.8 Å². The van der Waals surface area contributed by atoms with Gasteiger partial charge in [-0.1, -0.05) is 6.07 Å². The van der Waals surface area contributed by atoms with Gasteiger partial charge in [-0.25, -0.2) is 23.5 Å². The highest BCUT2D eigenvalue weighted by Crippen LogP contribution is 2.24. The second-order valence-corrected chi connectivity index (χ2v) is 5.43. The molecule has 0 saturated carbocycles. The quantitative estimate of drug-likeness (QED) is 0.826. The zero-order valence-corrected chi connectivity index (χ0v) is 11.3. The van der Waals surface area contributed by atoms with Crippen molar-refractivity contribution >= 4 is 16.3 Å². The van der Waals surface area contributed by atoms with Gasteiger partial charge in [-0.2, -0.15) is 0 Å². The van der Waals surface area contributed by atoms with E-state index >= 15 is 0 Å². The number of aldehydes is 1. The predicted molar refractivity (Wildman–Crippen MR) is 70.8 cm³/mol. The molecule has 20 heavy (non-hydrogen) atoms. The zero-order chi connectivity index (χ0) is 14.8. The highest BCUT2D eigenvalue weighted by molar-refractivity contribution is 7.89. The first-order valence-corrected chi connectivity index (χ1v) is 6.99. The summed E-state index contributed by atoms with van der Waals surface area (Å²) in [4.78, 5) is 18.8. The Bertz CT molecular complexity index is 742. The van der Waals surface area contributed by atoms with E-state index in [0.717, 1.165) is 0 Å². The molecule has 0 radical (unpaired) electrons. The van der Waals surface area contributed by atoms with Crippen LogP contribution < -0.4 is 9.88 Å². The second kappa shape index (κ2) is 5.35. The van der Waals surface area contributed by atoms with E-state index in [9.17, 15) is 13.2 Å². The smallest absolute Gasteiger partial charge is 0.316 e. The summed E-state index contributed by atoms with van der Waals surface area (Å²) >= 11 is 0. The average Bonchev–Trinajstić information content (AvgIpc) is 2.45. The molecule has 0 saturated heterocycles. The first kappa shape index (κ1) is 14.1. The molecule has 0 fully saturated rings. The van der Waals surface area contributed by atoms with Gasteiger partial charge in [0.05, 0.1) is 12.0 Å². The Kier molecular flexibility index (Phi) is 3.77. The summed E-state index contributed by atoms with van der Waals surface area (Å²) in [6.45, 7) is 0. The molecule has 0 bridgehead atoms. The van der Waals surface area contributed by atoms with E-state index in [1.54, 1.807) is 0 Å². The molecule has 1 heterocycles. The van der Waals surface area contributed by atoms with Crippen molar-refractivity contribution < 1.29 is 17.9 Å². The molecule has 0 aliphatic heterocycles. The molecule has 0 amide bonds. The topological polar surface area (TPSA) is 112 Å². The molecule has 1 aromatic heterocycles. The summed E-state index contributed by atoms with van der Waals surface area (Å²) in [5, 5.41) is 5.02. The standard InChI is InChI=1S/C12H11N3O4S/c1-19-12-14-5-9(6-15-12)11-3-2-10(20(13,17)18)4-8(11)7-16/h2-7H,1H3,(H2,13,17,18). The molecule has 0 atom stereocenters. The van der Waals surface area contributed by atoms with E-state index in [2.05, 4.69) is 9.97 Å². The summed E-state index contributed by atoms with van der Waals surface area (Å²) in [6.07, 6.45) is 3.50. The van der Waals surface area contributed by atoms with E-state index in [1.807, 2.05) is 0 Å². The molecule has 2 N–H and O–H groups in total. The van der Waals surface area contributed by atoms with Crippen molar-refractivity contribution in [3.8, 4) is 17.1 Å². The lowest BCUT2D eigenvalue weighted by atomic mass is 10.0. The Labute approximate surface area is 115 Å². The number of nitrogens with two attached hydrogens (primary N) is 1. The molecule has 7 nitrogen and oxygen atoms in total. The van der Waals surface area contributed by atoms with Gasteiger partial charge in [0.1, 0.15) is 0 Å². The van der Waals surface area contributed by atoms with Crippen LogP contribution in [-0.2, 0) is 10.0 Å². The maximum atomic E-state index is 11.3. The molecule has 2 rings (SSSR count). The molecular formula is C12H11N3O4S. The van der Waals surface area contributed by atoms with Crippen molar-refractivity contribution in [2.45, 2.75) is 4.90 Å². The number of aromatic nitrogens is 2. The molecule has 0 unspecified atom stereocenters. The van der Waals surface area contributed by atoms with Crippen LogP contribution in [0.2, 0.25) is 0 Å². The third-order valence-electron chi connectivity index (χ3n) is 2.60. The molecule has 1 aromatic carbocycles. The van der Waals surface area contributed by atoms with E-state index in [0.29, 0.717) is 17.4 Å². The van der Waals surface area contributed by atoms with Crippen molar-refractivity contribution in [3.63, 3.8) is 0 Å². The van der Waals surface area contributed by atoms with Crippen molar-refractivity contribution in [3.05, 3.63) is 36.2 Å². The summed E-state index contributed by atoms with van der Waals surface area (Å²) < 4.78 is 27.3.